The van der Waals surface area contributed by atoms with E-state index in [1.54, 1.807) is 13.3 Å². The Labute approximate surface area is 433 Å². The molecule has 16 heteroatoms. The lowest BCUT2D eigenvalue weighted by molar-refractivity contribution is -0.155. The van der Waals surface area contributed by atoms with Gasteiger partial charge in [-0.1, -0.05) is 44.9 Å². The smallest absolute Gasteiger partial charge is 0.324 e. The molecule has 0 radical (unpaired) electrons. The summed E-state index contributed by atoms with van der Waals surface area (Å²) in [6, 6.07) is 12.7. The van der Waals surface area contributed by atoms with E-state index in [1.807, 2.05) is 36.1 Å². The number of ether oxygens (including phenoxy) is 2. The van der Waals surface area contributed by atoms with Gasteiger partial charge in [0.05, 0.1) is 30.1 Å². The van der Waals surface area contributed by atoms with Crippen LogP contribution >= 0.6 is 0 Å². The van der Waals surface area contributed by atoms with Gasteiger partial charge in [-0.15, -0.1) is 0 Å². The number of methoxy groups -OCH3 is 1. The Morgan fingerprint density at radius 2 is 1.76 bits per heavy atom. The number of pyridine rings is 1. The number of aromatic nitrogens is 2. The third kappa shape index (κ3) is 10.0. The third-order valence-corrected chi connectivity index (χ3v) is 17.7. The van der Waals surface area contributed by atoms with Crippen molar-refractivity contribution in [2.45, 2.75) is 154 Å². The van der Waals surface area contributed by atoms with E-state index in [4.69, 9.17) is 14.5 Å². The molecule has 2 aliphatic carbocycles. The second-order valence-electron chi connectivity index (χ2n) is 23.6. The highest BCUT2D eigenvalue weighted by atomic mass is 19.3. The summed E-state index contributed by atoms with van der Waals surface area (Å²) in [5.74, 6) is -0.245. The van der Waals surface area contributed by atoms with E-state index >= 15 is 18.4 Å². The quantitative estimate of drug-likeness (QED) is 0.0996. The molecule has 7 aliphatic rings. The zero-order chi connectivity index (χ0) is 51.6. The molecule has 5 aliphatic heterocycles. The van der Waals surface area contributed by atoms with Crippen molar-refractivity contribution in [3.8, 4) is 22.4 Å². The molecular weight excluding hydrogens is 943 g/mol. The second-order valence-corrected chi connectivity index (χ2v) is 23.6. The Morgan fingerprint density at radius 1 is 0.959 bits per heavy atom. The van der Waals surface area contributed by atoms with Crippen LogP contribution in [-0.4, -0.2) is 125 Å². The lowest BCUT2D eigenvalue weighted by Crippen LogP contribution is -2.62. The zero-order valence-corrected chi connectivity index (χ0v) is 43.8. The normalized spacial score (nSPS) is 27.5. The van der Waals surface area contributed by atoms with Gasteiger partial charge in [0.25, 0.3) is 12.3 Å². The summed E-state index contributed by atoms with van der Waals surface area (Å²) in [6.07, 6.45) is 8.02. The highest BCUT2D eigenvalue weighted by Gasteiger charge is 2.55. The van der Waals surface area contributed by atoms with Crippen LogP contribution in [0.2, 0.25) is 0 Å². The molecule has 1 spiro atoms. The van der Waals surface area contributed by atoms with Crippen LogP contribution in [0.15, 0.2) is 54.7 Å². The predicted octanol–water partition coefficient (Wildman–Crippen LogP) is 7.92. The molecule has 2 unspecified atom stereocenters. The first-order chi connectivity index (χ1) is 35.6. The summed E-state index contributed by atoms with van der Waals surface area (Å²) in [5.41, 5.74) is 8.75. The number of carbonyl (C=O) groups is 4. The van der Waals surface area contributed by atoms with Gasteiger partial charge in [-0.25, -0.2) is 14.2 Å². The monoisotopic (exact) mass is 1020 g/mol. The van der Waals surface area contributed by atoms with E-state index < -0.39 is 41.8 Å². The predicted molar refractivity (Wildman–Crippen MR) is 278 cm³/mol. The lowest BCUT2D eigenvalue weighted by atomic mass is 9.84. The fourth-order valence-electron chi connectivity index (χ4n) is 13.5. The second kappa shape index (κ2) is 20.3. The van der Waals surface area contributed by atoms with Crippen molar-refractivity contribution in [3.05, 3.63) is 77.1 Å². The van der Waals surface area contributed by atoms with Gasteiger partial charge in [0, 0.05) is 91.4 Å². The molecule has 14 nitrogen and oxygen atoms in total. The van der Waals surface area contributed by atoms with E-state index in [1.165, 1.54) is 30.0 Å². The molecule has 396 valence electrons. The number of nitrogens with zero attached hydrogens (tertiary/aromatic N) is 5. The van der Waals surface area contributed by atoms with Gasteiger partial charge < -0.3 is 24.3 Å². The minimum atomic E-state index is -2.80. The molecule has 2 aromatic carbocycles. The Balaban J connectivity index is 0.954. The summed E-state index contributed by atoms with van der Waals surface area (Å²) in [5, 5.41) is 9.05. The van der Waals surface area contributed by atoms with Crippen molar-refractivity contribution < 1.29 is 37.4 Å². The summed E-state index contributed by atoms with van der Waals surface area (Å²) in [4.78, 5) is 67.2. The molecule has 74 heavy (non-hydrogen) atoms. The number of benzene rings is 2. The number of aryl methyl sites for hydroxylation is 1. The number of hydrogen-bond donors (Lipinski definition) is 3. The number of fused-ring (bicyclic) bond motifs is 6. The molecule has 7 heterocycles. The first-order valence-electron chi connectivity index (χ1n) is 27.5. The number of rotatable bonds is 11. The fraction of sp³-hybridized carbons (Fsp3) is 0.603. The van der Waals surface area contributed by atoms with Gasteiger partial charge in [0.2, 0.25) is 11.8 Å². The maximum atomic E-state index is 15.2. The number of nitrogens with one attached hydrogen (secondary N) is 3. The van der Waals surface area contributed by atoms with Gasteiger partial charge in [-0.2, -0.15) is 0 Å². The van der Waals surface area contributed by atoms with Crippen molar-refractivity contribution in [3.63, 3.8) is 0 Å². The number of esters is 1. The molecular formula is C58H74F2N8O6. The van der Waals surface area contributed by atoms with E-state index in [0.29, 0.717) is 68.5 Å². The van der Waals surface area contributed by atoms with Crippen LogP contribution in [-0.2, 0) is 48.0 Å². The topological polar surface area (TPSA) is 160 Å². The Morgan fingerprint density at radius 3 is 2.51 bits per heavy atom. The Kier molecular flexibility index (Phi) is 14.0. The number of halogens is 2. The minimum Gasteiger partial charge on any atom is -0.464 e. The van der Waals surface area contributed by atoms with Crippen LogP contribution in [0, 0.1) is 22.7 Å². The van der Waals surface area contributed by atoms with Gasteiger partial charge in [0.15, 0.2) is 0 Å². The van der Waals surface area contributed by atoms with Gasteiger partial charge in [-0.3, -0.25) is 39.4 Å². The van der Waals surface area contributed by atoms with E-state index in [-0.39, 0.29) is 60.4 Å². The molecule has 11 rings (SSSR count). The number of likely N-dealkylation sites (tertiary alicyclic amines) is 2. The molecule has 7 atom stereocenters. The number of amides is 3. The average molecular weight is 1020 g/mol. The van der Waals surface area contributed by atoms with Gasteiger partial charge >= 0.3 is 5.97 Å². The van der Waals surface area contributed by atoms with Crippen molar-refractivity contribution in [1.82, 2.24) is 40.4 Å². The molecule has 4 saturated heterocycles. The minimum absolute atomic E-state index is 0.0552. The van der Waals surface area contributed by atoms with Crippen LogP contribution in [0.5, 0.6) is 0 Å². The summed E-state index contributed by atoms with van der Waals surface area (Å²) < 4.78 is 44.6. The highest BCUT2D eigenvalue weighted by Crippen LogP contribution is 2.46. The van der Waals surface area contributed by atoms with Crippen molar-refractivity contribution in [1.29, 1.82) is 0 Å². The maximum Gasteiger partial charge on any atom is 0.324 e. The zero-order valence-electron chi connectivity index (χ0n) is 43.8. The molecule has 6 fully saturated rings. The van der Waals surface area contributed by atoms with Gasteiger partial charge in [-0.05, 0) is 143 Å². The average Bonchev–Trinajstić information content (AvgIpc) is 4.21. The largest absolute Gasteiger partial charge is 0.464 e. The van der Waals surface area contributed by atoms with Crippen molar-refractivity contribution >= 4 is 34.6 Å². The van der Waals surface area contributed by atoms with E-state index in [2.05, 4.69) is 58.4 Å². The SMILES string of the molecule is CCn1c(-c2cccnc2[C@H](C)OC)c2c3cc(ccc31)-c1cc(cc(C(F)F)c1)C[C@H](NC(=O)C(C1CCCC1)N1CC[C@]3(CCN(C(=O)[C@@H]4NC4C4CC4)C3)C1)C(=O)N1CCC[C@H](N1)C(=O)OCC(C)(C)C2. The Bertz CT molecular complexity index is 2810. The van der Waals surface area contributed by atoms with Crippen LogP contribution in [0.4, 0.5) is 8.78 Å². The maximum absolute atomic E-state index is 15.2. The first kappa shape index (κ1) is 50.8. The van der Waals surface area contributed by atoms with Gasteiger partial charge in [0.1, 0.15) is 18.1 Å². The number of hydrazine groups is 1. The molecule has 2 aromatic heterocycles. The molecule has 3 amide bonds. The van der Waals surface area contributed by atoms with Crippen molar-refractivity contribution in [2.75, 3.05) is 46.4 Å². The molecule has 4 aromatic rings. The first-order valence-corrected chi connectivity index (χ1v) is 27.5. The van der Waals surface area contributed by atoms with Crippen LogP contribution < -0.4 is 16.1 Å². The number of cyclic esters (lactones) is 1. The Hall–Kier alpha value is -5.29. The summed E-state index contributed by atoms with van der Waals surface area (Å²) in [7, 11) is 1.66. The number of alkyl halides is 2. The van der Waals surface area contributed by atoms with Crippen LogP contribution in [0.1, 0.15) is 127 Å². The molecule has 2 saturated carbocycles. The standard InChI is InChI=1S/C58H74F2N8O6/c1-6-67-46-18-17-38-29-42(46)43(51(67)41-13-9-21-61-47(41)34(2)73-5)30-57(3,4)33-74-56(72)44-14-10-22-68(64-44)54(70)45(27-35-25-39(38)28-40(26-35)52(59)60)62-53(69)50(37-11-7-8-12-37)65-23-19-58(31-65)20-24-66(32-58)55(71)49-48(63-49)36-15-16-36/h9,13,17-18,21,25-26,28-29,34,36-37,44-45,48-50,52,63-64H,6-8,10-12,14-16,19-20,22-24,27,30-33H2,1-5H3,(H,62,69)/t34-,44-,45-,48?,49+,50?,58-/m0/s1. The van der Waals surface area contributed by atoms with Crippen LogP contribution in [0.25, 0.3) is 33.3 Å². The highest BCUT2D eigenvalue weighted by molar-refractivity contribution is 5.96. The third-order valence-electron chi connectivity index (χ3n) is 17.7. The summed E-state index contributed by atoms with van der Waals surface area (Å²) in [6.45, 7) is 12.0. The molecule has 6 bridgehead atoms. The fourth-order valence-corrected chi connectivity index (χ4v) is 13.5. The number of carbonyl (C=O) groups excluding carboxylic acids is 4. The number of hydrogen-bond acceptors (Lipinski definition) is 10. The van der Waals surface area contributed by atoms with Crippen molar-refractivity contribution in [2.24, 2.45) is 22.7 Å². The van der Waals surface area contributed by atoms with Crippen LogP contribution in [0.3, 0.4) is 0 Å². The summed E-state index contributed by atoms with van der Waals surface area (Å²) >= 11 is 0. The molecule has 3 N–H and O–H groups in total. The van der Waals surface area contributed by atoms with E-state index in [0.717, 1.165) is 84.1 Å². The van der Waals surface area contributed by atoms with E-state index in [9.17, 15) is 9.59 Å². The lowest BCUT2D eigenvalue weighted by Gasteiger charge is -2.37.